The number of anilines is 1. The highest BCUT2D eigenvalue weighted by atomic mass is 15.4. The Morgan fingerprint density at radius 1 is 0.958 bits per heavy atom. The lowest BCUT2D eigenvalue weighted by Crippen LogP contribution is -2.45. The zero-order chi connectivity index (χ0) is 16.7. The Morgan fingerprint density at radius 2 is 1.67 bits per heavy atom. The van der Waals surface area contributed by atoms with Gasteiger partial charge in [-0.1, -0.05) is 29.8 Å². The van der Waals surface area contributed by atoms with Crippen LogP contribution in [-0.4, -0.2) is 52.7 Å². The Labute approximate surface area is 142 Å². The minimum Gasteiger partial charge on any atom is -0.354 e. The van der Waals surface area contributed by atoms with Crippen LogP contribution in [0.15, 0.2) is 36.5 Å². The van der Waals surface area contributed by atoms with Crippen LogP contribution in [0.2, 0.25) is 0 Å². The Balaban J connectivity index is 1.81. The van der Waals surface area contributed by atoms with Gasteiger partial charge in [-0.15, -0.1) is 0 Å². The second-order valence-corrected chi connectivity index (χ2v) is 6.71. The highest BCUT2D eigenvalue weighted by molar-refractivity contribution is 5.78. The van der Waals surface area contributed by atoms with Crippen molar-refractivity contribution in [2.24, 2.45) is 0 Å². The SMILES string of the molecule is Cc1ccc(-c2cnn3c(N4CCN(C)CC4)cc(C)nc23)cc1. The molecule has 1 aliphatic heterocycles. The molecule has 3 heterocycles. The average Bonchev–Trinajstić information content (AvgIpc) is 2.99. The maximum atomic E-state index is 4.77. The van der Waals surface area contributed by atoms with E-state index in [4.69, 9.17) is 4.98 Å². The van der Waals surface area contributed by atoms with Crippen molar-refractivity contribution >= 4 is 11.5 Å². The van der Waals surface area contributed by atoms with E-state index in [9.17, 15) is 0 Å². The largest absolute Gasteiger partial charge is 0.354 e. The fourth-order valence-electron chi connectivity index (χ4n) is 3.26. The lowest BCUT2D eigenvalue weighted by atomic mass is 10.1. The summed E-state index contributed by atoms with van der Waals surface area (Å²) in [5, 5.41) is 4.65. The van der Waals surface area contributed by atoms with Crippen LogP contribution >= 0.6 is 0 Å². The predicted molar refractivity (Wildman–Crippen MR) is 97.6 cm³/mol. The van der Waals surface area contributed by atoms with Crippen molar-refractivity contribution in [3.05, 3.63) is 47.8 Å². The summed E-state index contributed by atoms with van der Waals surface area (Å²) in [6.45, 7) is 8.37. The van der Waals surface area contributed by atoms with E-state index >= 15 is 0 Å². The molecule has 0 aliphatic carbocycles. The first-order valence-corrected chi connectivity index (χ1v) is 8.48. The van der Waals surface area contributed by atoms with Gasteiger partial charge in [0.1, 0.15) is 5.82 Å². The first kappa shape index (κ1) is 15.1. The van der Waals surface area contributed by atoms with Gasteiger partial charge >= 0.3 is 0 Å². The summed E-state index contributed by atoms with van der Waals surface area (Å²) in [5.41, 5.74) is 5.49. The number of benzene rings is 1. The number of rotatable bonds is 2. The standard InChI is InChI=1S/C19H23N5/c1-14-4-6-16(7-5-14)17-13-20-24-18(12-15(2)21-19(17)24)23-10-8-22(3)9-11-23/h4-7,12-13H,8-11H2,1-3H3. The molecule has 24 heavy (non-hydrogen) atoms. The number of piperazine rings is 1. The molecular weight excluding hydrogens is 298 g/mol. The van der Waals surface area contributed by atoms with Gasteiger partial charge in [-0.05, 0) is 26.5 Å². The fraction of sp³-hybridized carbons (Fsp3) is 0.368. The lowest BCUT2D eigenvalue weighted by Gasteiger charge is -2.34. The maximum Gasteiger partial charge on any atom is 0.165 e. The number of fused-ring (bicyclic) bond motifs is 1. The van der Waals surface area contributed by atoms with E-state index in [2.05, 4.69) is 66.1 Å². The molecule has 0 radical (unpaired) electrons. The quantitative estimate of drug-likeness (QED) is 0.727. The summed E-state index contributed by atoms with van der Waals surface area (Å²) in [6, 6.07) is 10.7. The van der Waals surface area contributed by atoms with E-state index < -0.39 is 0 Å². The van der Waals surface area contributed by atoms with Crippen molar-refractivity contribution in [1.29, 1.82) is 0 Å². The third kappa shape index (κ3) is 2.65. The van der Waals surface area contributed by atoms with Crippen molar-refractivity contribution in [3.63, 3.8) is 0 Å². The van der Waals surface area contributed by atoms with E-state index in [0.29, 0.717) is 0 Å². The summed E-state index contributed by atoms with van der Waals surface area (Å²) in [5.74, 6) is 1.14. The van der Waals surface area contributed by atoms with Gasteiger partial charge in [0, 0.05) is 43.5 Å². The van der Waals surface area contributed by atoms with Crippen molar-refractivity contribution in [3.8, 4) is 11.1 Å². The Bertz CT molecular complexity index is 857. The zero-order valence-electron chi connectivity index (χ0n) is 14.5. The molecule has 124 valence electrons. The minimum absolute atomic E-state index is 0.938. The molecule has 4 rings (SSSR count). The molecule has 3 aromatic rings. The second-order valence-electron chi connectivity index (χ2n) is 6.71. The molecule has 2 aromatic heterocycles. The maximum absolute atomic E-state index is 4.77. The van der Waals surface area contributed by atoms with E-state index in [1.807, 2.05) is 10.7 Å². The molecule has 5 heteroatoms. The minimum atomic E-state index is 0.938. The van der Waals surface area contributed by atoms with Crippen molar-refractivity contribution in [1.82, 2.24) is 19.5 Å². The van der Waals surface area contributed by atoms with Gasteiger partial charge in [-0.25, -0.2) is 4.98 Å². The van der Waals surface area contributed by atoms with Crippen LogP contribution in [-0.2, 0) is 0 Å². The summed E-state index contributed by atoms with van der Waals surface area (Å²) < 4.78 is 1.99. The number of nitrogens with zero attached hydrogens (tertiary/aromatic N) is 5. The normalized spacial score (nSPS) is 16.0. The van der Waals surface area contributed by atoms with Gasteiger partial charge in [0.15, 0.2) is 5.65 Å². The molecule has 1 aliphatic rings. The first-order chi connectivity index (χ1) is 11.6. The lowest BCUT2D eigenvalue weighted by molar-refractivity contribution is 0.311. The molecule has 0 unspecified atom stereocenters. The second kappa shape index (κ2) is 5.91. The van der Waals surface area contributed by atoms with Gasteiger partial charge in [0.2, 0.25) is 0 Å². The monoisotopic (exact) mass is 321 g/mol. The molecule has 1 saturated heterocycles. The molecule has 1 aromatic carbocycles. The highest BCUT2D eigenvalue weighted by Crippen LogP contribution is 2.27. The van der Waals surface area contributed by atoms with Crippen LogP contribution in [0.4, 0.5) is 5.82 Å². The number of aromatic nitrogens is 3. The van der Waals surface area contributed by atoms with Crippen LogP contribution < -0.4 is 4.90 Å². The smallest absolute Gasteiger partial charge is 0.165 e. The summed E-state index contributed by atoms with van der Waals surface area (Å²) in [6.07, 6.45) is 1.94. The van der Waals surface area contributed by atoms with Gasteiger partial charge in [0.05, 0.1) is 6.20 Å². The van der Waals surface area contributed by atoms with Crippen LogP contribution in [0.5, 0.6) is 0 Å². The molecule has 0 atom stereocenters. The molecule has 0 spiro atoms. The van der Waals surface area contributed by atoms with E-state index in [-0.39, 0.29) is 0 Å². The summed E-state index contributed by atoms with van der Waals surface area (Å²) in [7, 11) is 2.17. The van der Waals surface area contributed by atoms with E-state index in [0.717, 1.165) is 54.5 Å². The number of aryl methyl sites for hydroxylation is 2. The Morgan fingerprint density at radius 3 is 2.38 bits per heavy atom. The summed E-state index contributed by atoms with van der Waals surface area (Å²) >= 11 is 0. The molecule has 0 bridgehead atoms. The van der Waals surface area contributed by atoms with Crippen LogP contribution in [0.3, 0.4) is 0 Å². The molecule has 0 N–H and O–H groups in total. The Kier molecular flexibility index (Phi) is 3.73. The van der Waals surface area contributed by atoms with Crippen molar-refractivity contribution in [2.75, 3.05) is 38.1 Å². The topological polar surface area (TPSA) is 36.7 Å². The van der Waals surface area contributed by atoms with Gasteiger partial charge in [0.25, 0.3) is 0 Å². The number of likely N-dealkylation sites (N-methyl/N-ethyl adjacent to an activating group) is 1. The number of hydrogen-bond acceptors (Lipinski definition) is 4. The summed E-state index contributed by atoms with van der Waals surface area (Å²) in [4.78, 5) is 9.54. The van der Waals surface area contributed by atoms with Crippen LogP contribution in [0.25, 0.3) is 16.8 Å². The molecule has 0 amide bonds. The van der Waals surface area contributed by atoms with E-state index in [1.165, 1.54) is 5.56 Å². The highest BCUT2D eigenvalue weighted by Gasteiger charge is 2.19. The first-order valence-electron chi connectivity index (χ1n) is 8.48. The molecule has 1 fully saturated rings. The zero-order valence-corrected chi connectivity index (χ0v) is 14.5. The third-order valence-electron chi connectivity index (χ3n) is 4.77. The average molecular weight is 321 g/mol. The number of hydrogen-bond donors (Lipinski definition) is 0. The van der Waals surface area contributed by atoms with E-state index in [1.54, 1.807) is 0 Å². The predicted octanol–water partition coefficient (Wildman–Crippen LogP) is 2.76. The Hall–Kier alpha value is -2.40. The molecule has 0 saturated carbocycles. The molecular formula is C19H23N5. The molecule has 5 nitrogen and oxygen atoms in total. The third-order valence-corrected chi connectivity index (χ3v) is 4.77. The van der Waals surface area contributed by atoms with Gasteiger partial charge < -0.3 is 9.80 Å². The fourth-order valence-corrected chi connectivity index (χ4v) is 3.26. The van der Waals surface area contributed by atoms with Crippen molar-refractivity contribution in [2.45, 2.75) is 13.8 Å². The van der Waals surface area contributed by atoms with Crippen LogP contribution in [0.1, 0.15) is 11.3 Å². The van der Waals surface area contributed by atoms with Crippen molar-refractivity contribution < 1.29 is 0 Å². The van der Waals surface area contributed by atoms with Gasteiger partial charge in [-0.2, -0.15) is 9.61 Å². The van der Waals surface area contributed by atoms with Gasteiger partial charge in [-0.3, -0.25) is 0 Å². The van der Waals surface area contributed by atoms with Crippen LogP contribution in [0, 0.1) is 13.8 Å².